The first-order chi connectivity index (χ1) is 21.8. The monoisotopic (exact) mass is 612 g/mol. The molecule has 0 saturated carbocycles. The maximum atomic E-state index is 14.8. The van der Waals surface area contributed by atoms with Crippen LogP contribution in [0.15, 0.2) is 35.8 Å². The Labute approximate surface area is 262 Å². The normalized spacial score (nSPS) is 26.1. The van der Waals surface area contributed by atoms with Crippen molar-refractivity contribution < 1.29 is 18.6 Å². The number of nitrogens with zero attached hydrogens (tertiary/aromatic N) is 5. The van der Waals surface area contributed by atoms with E-state index >= 15 is 0 Å². The average Bonchev–Trinajstić information content (AvgIpc) is 3.71. The van der Waals surface area contributed by atoms with Gasteiger partial charge >= 0.3 is 6.01 Å². The van der Waals surface area contributed by atoms with E-state index in [9.17, 15) is 13.9 Å². The smallest absolute Gasteiger partial charge is 0.318 e. The molecule has 3 unspecified atom stereocenters. The molecule has 5 heterocycles. The predicted molar refractivity (Wildman–Crippen MR) is 172 cm³/mol. The van der Waals surface area contributed by atoms with Crippen molar-refractivity contribution in [1.29, 1.82) is 0 Å². The van der Waals surface area contributed by atoms with Gasteiger partial charge in [-0.2, -0.15) is 9.97 Å². The summed E-state index contributed by atoms with van der Waals surface area (Å²) in [4.78, 5) is 18.8. The van der Waals surface area contributed by atoms with Crippen LogP contribution in [0.4, 0.5) is 14.6 Å². The maximum absolute atomic E-state index is 14.8. The number of halogens is 2. The van der Waals surface area contributed by atoms with Gasteiger partial charge in [0.1, 0.15) is 30.7 Å². The van der Waals surface area contributed by atoms with Crippen LogP contribution in [0.2, 0.25) is 0 Å². The number of piperazine rings is 1. The third kappa shape index (κ3) is 5.32. The lowest BCUT2D eigenvalue weighted by molar-refractivity contribution is 0.0884. The highest BCUT2D eigenvalue weighted by atomic mass is 19.1. The molecule has 2 N–H and O–H groups in total. The second kappa shape index (κ2) is 11.7. The molecule has 45 heavy (non-hydrogen) atoms. The van der Waals surface area contributed by atoms with Gasteiger partial charge in [0.25, 0.3) is 0 Å². The van der Waals surface area contributed by atoms with E-state index in [0.29, 0.717) is 52.4 Å². The number of benzene rings is 2. The molecule has 1 aromatic heterocycles. The quantitative estimate of drug-likeness (QED) is 0.262. The van der Waals surface area contributed by atoms with E-state index in [1.54, 1.807) is 6.07 Å². The number of phenolic OH excluding ortho intramolecular Hbond substituents is 1. The van der Waals surface area contributed by atoms with Gasteiger partial charge < -0.3 is 20.1 Å². The van der Waals surface area contributed by atoms with Gasteiger partial charge in [0.15, 0.2) is 0 Å². The zero-order valence-electron chi connectivity index (χ0n) is 25.5. The fourth-order valence-corrected chi connectivity index (χ4v) is 7.97. The van der Waals surface area contributed by atoms with Gasteiger partial charge in [0.05, 0.1) is 28.1 Å². The molecule has 4 aliphatic heterocycles. The average molecular weight is 613 g/mol. The molecule has 4 atom stereocenters. The molecule has 4 aliphatic rings. The number of hydrogen-bond donors (Lipinski definition) is 2. The number of ether oxygens (including phenoxy) is 1. The van der Waals surface area contributed by atoms with Crippen LogP contribution in [-0.2, 0) is 6.67 Å². The van der Waals surface area contributed by atoms with Crippen LogP contribution in [0.3, 0.4) is 0 Å². The van der Waals surface area contributed by atoms with Crippen LogP contribution in [0.25, 0.3) is 16.5 Å². The van der Waals surface area contributed by atoms with Crippen LogP contribution >= 0.6 is 0 Å². The predicted octanol–water partition coefficient (Wildman–Crippen LogP) is 5.35. The van der Waals surface area contributed by atoms with Crippen molar-refractivity contribution >= 4 is 28.5 Å². The van der Waals surface area contributed by atoms with E-state index in [0.717, 1.165) is 58.2 Å². The number of aromatic nitrogens is 2. The molecule has 10 heteroatoms. The molecule has 3 aromatic rings. The minimum absolute atomic E-state index is 0.0222. The Balaban J connectivity index is 1.25. The Morgan fingerprint density at radius 2 is 2.04 bits per heavy atom. The third-order valence-corrected chi connectivity index (χ3v) is 10.2. The van der Waals surface area contributed by atoms with E-state index in [1.807, 2.05) is 0 Å². The minimum Gasteiger partial charge on any atom is -0.508 e. The standard InChI is InChI=1S/C35H38F2N6O2/c1-4-27-30(37)9-6-23-14-26(44)15-28(32(23)27)22(3)38-17-29-31(16-36)40-34(41-33(29)42-18-24-7-8-25(19-42)39-24)45-20-35-11-5-13-43(35)21(2)10-12-35/h1,6,9,14-15,17,21,24-25,39,44H,3,5,7-8,10-13,16,18-20H2,2H3/t21-,24?,25?,35?/m0/s1. The molecular formula is C35H38F2N6O2. The Hall–Kier alpha value is -4.07. The molecule has 234 valence electrons. The number of aliphatic imine (C=N–C) groups is 1. The van der Waals surface area contributed by atoms with Gasteiger partial charge in [-0.3, -0.25) is 9.89 Å². The first-order valence-corrected chi connectivity index (χ1v) is 15.8. The first-order valence-electron chi connectivity index (χ1n) is 15.8. The molecule has 0 spiro atoms. The lowest BCUT2D eigenvalue weighted by Gasteiger charge is -2.35. The van der Waals surface area contributed by atoms with E-state index in [4.69, 9.17) is 16.1 Å². The van der Waals surface area contributed by atoms with Crippen LogP contribution in [-0.4, -0.2) is 76.1 Å². The van der Waals surface area contributed by atoms with Crippen molar-refractivity contribution in [3.63, 3.8) is 0 Å². The summed E-state index contributed by atoms with van der Waals surface area (Å²) in [5, 5.41) is 15.0. The number of fused-ring (bicyclic) bond motifs is 4. The summed E-state index contributed by atoms with van der Waals surface area (Å²) in [6.07, 6.45) is 13.7. The second-order valence-electron chi connectivity index (χ2n) is 12.9. The summed E-state index contributed by atoms with van der Waals surface area (Å²) in [5.41, 5.74) is 1.26. The highest BCUT2D eigenvalue weighted by Gasteiger charge is 2.48. The summed E-state index contributed by atoms with van der Waals surface area (Å²) in [6.45, 7) is 8.52. The van der Waals surface area contributed by atoms with Crippen LogP contribution in [0.1, 0.15) is 67.8 Å². The van der Waals surface area contributed by atoms with E-state index in [-0.39, 0.29) is 34.3 Å². The SMILES string of the molecule is C#Cc1c(F)ccc2cc(O)cc(C(=C)N=Cc3c(CF)nc(OCC45CCCN4[C@@H](C)CC5)nc3N3CC4CCC(C3)N4)c12. The number of alkyl halides is 1. The van der Waals surface area contributed by atoms with Gasteiger partial charge in [-0.1, -0.05) is 18.6 Å². The van der Waals surface area contributed by atoms with Gasteiger partial charge in [0, 0.05) is 48.4 Å². The summed E-state index contributed by atoms with van der Waals surface area (Å²) in [5.74, 6) is 2.39. The highest BCUT2D eigenvalue weighted by Crippen LogP contribution is 2.42. The van der Waals surface area contributed by atoms with E-state index in [1.165, 1.54) is 24.4 Å². The molecule has 0 aliphatic carbocycles. The summed E-state index contributed by atoms with van der Waals surface area (Å²) in [6, 6.07) is 7.12. The highest BCUT2D eigenvalue weighted by molar-refractivity contribution is 6.00. The Kier molecular flexibility index (Phi) is 7.70. The third-order valence-electron chi connectivity index (χ3n) is 10.2. The van der Waals surface area contributed by atoms with Crippen LogP contribution < -0.4 is 15.0 Å². The van der Waals surface area contributed by atoms with Crippen molar-refractivity contribution in [3.8, 4) is 24.1 Å². The molecule has 0 radical (unpaired) electrons. The van der Waals surface area contributed by atoms with Gasteiger partial charge in [-0.25, -0.2) is 8.78 Å². The Morgan fingerprint density at radius 1 is 1.24 bits per heavy atom. The van der Waals surface area contributed by atoms with Crippen molar-refractivity contribution in [3.05, 3.63) is 59.0 Å². The lowest BCUT2D eigenvalue weighted by atomic mass is 9.95. The fraction of sp³-hybridized carbons (Fsp3) is 0.457. The summed E-state index contributed by atoms with van der Waals surface area (Å²) >= 11 is 0. The number of rotatable bonds is 8. The molecule has 8 nitrogen and oxygen atoms in total. The Morgan fingerprint density at radius 3 is 2.80 bits per heavy atom. The number of hydrogen-bond acceptors (Lipinski definition) is 8. The van der Waals surface area contributed by atoms with Crippen LogP contribution in [0, 0.1) is 18.2 Å². The number of terminal acetylenes is 1. The van der Waals surface area contributed by atoms with E-state index < -0.39 is 12.5 Å². The molecular weight excluding hydrogens is 574 g/mol. The number of phenols is 1. The zero-order valence-corrected chi connectivity index (χ0v) is 25.5. The minimum atomic E-state index is -0.839. The lowest BCUT2D eigenvalue weighted by Crippen LogP contribution is -2.51. The number of anilines is 1. The molecule has 0 amide bonds. The van der Waals surface area contributed by atoms with Gasteiger partial charge in [-0.05, 0) is 75.6 Å². The van der Waals surface area contributed by atoms with Crippen LogP contribution in [0.5, 0.6) is 11.8 Å². The van der Waals surface area contributed by atoms with Crippen molar-refractivity contribution in [1.82, 2.24) is 20.2 Å². The molecule has 4 saturated heterocycles. The van der Waals surface area contributed by atoms with Gasteiger partial charge in [0.2, 0.25) is 0 Å². The molecule has 4 fully saturated rings. The number of nitrogens with one attached hydrogen (secondary N) is 1. The maximum Gasteiger partial charge on any atom is 0.318 e. The zero-order chi connectivity index (χ0) is 31.3. The first kappa shape index (κ1) is 29.6. The number of aromatic hydroxyl groups is 1. The van der Waals surface area contributed by atoms with Gasteiger partial charge in [-0.15, -0.1) is 6.42 Å². The largest absolute Gasteiger partial charge is 0.508 e. The van der Waals surface area contributed by atoms with E-state index in [2.05, 4.69) is 44.5 Å². The topological polar surface area (TPSA) is 86.1 Å². The summed E-state index contributed by atoms with van der Waals surface area (Å²) < 4.78 is 35.8. The Bertz CT molecular complexity index is 1730. The van der Waals surface area contributed by atoms with Crippen molar-refractivity contribution in [2.24, 2.45) is 4.99 Å². The molecule has 2 aromatic carbocycles. The van der Waals surface area contributed by atoms with Crippen molar-refractivity contribution in [2.75, 3.05) is 31.1 Å². The summed E-state index contributed by atoms with van der Waals surface area (Å²) in [7, 11) is 0. The molecule has 2 bridgehead atoms. The van der Waals surface area contributed by atoms with Crippen molar-refractivity contribution in [2.45, 2.75) is 75.8 Å². The molecule has 7 rings (SSSR count). The second-order valence-corrected chi connectivity index (χ2v) is 12.9. The fourth-order valence-electron chi connectivity index (χ4n) is 7.97.